The van der Waals surface area contributed by atoms with Gasteiger partial charge in [0.05, 0.1) is 0 Å². The lowest BCUT2D eigenvalue weighted by molar-refractivity contribution is 0.352. The van der Waals surface area contributed by atoms with Crippen molar-refractivity contribution in [2.75, 3.05) is 20.1 Å². The summed E-state index contributed by atoms with van der Waals surface area (Å²) in [7, 11) is 2.15. The number of pyridine rings is 1. The van der Waals surface area contributed by atoms with Gasteiger partial charge in [0.15, 0.2) is 0 Å². The molecule has 13 heavy (non-hydrogen) atoms. The number of hydrogen-bond acceptors (Lipinski definition) is 2. The molecular formula is C10H13ClN2. The van der Waals surface area contributed by atoms with Crippen molar-refractivity contribution < 1.29 is 0 Å². The largest absolute Gasteiger partial charge is 0.306 e. The molecule has 0 amide bonds. The maximum atomic E-state index is 5.84. The second kappa shape index (κ2) is 3.64. The van der Waals surface area contributed by atoms with E-state index in [1.165, 1.54) is 11.3 Å². The fourth-order valence-corrected chi connectivity index (χ4v) is 1.83. The van der Waals surface area contributed by atoms with Crippen LogP contribution in [0.1, 0.15) is 11.3 Å². The molecule has 0 bridgehead atoms. The highest BCUT2D eigenvalue weighted by molar-refractivity contribution is 6.29. The van der Waals surface area contributed by atoms with Gasteiger partial charge in [-0.2, -0.15) is 0 Å². The minimum Gasteiger partial charge on any atom is -0.306 e. The molecule has 2 heterocycles. The summed E-state index contributed by atoms with van der Waals surface area (Å²) in [6.07, 6.45) is 2.11. The molecule has 0 N–H and O–H groups in total. The molecule has 70 valence electrons. The number of rotatable bonds is 0. The van der Waals surface area contributed by atoms with Gasteiger partial charge in [-0.05, 0) is 25.1 Å². The van der Waals surface area contributed by atoms with Gasteiger partial charge in [0, 0.05) is 25.2 Å². The molecule has 0 fully saturated rings. The van der Waals surface area contributed by atoms with Crippen molar-refractivity contribution in [1.82, 2.24) is 9.88 Å². The summed E-state index contributed by atoms with van der Waals surface area (Å²) in [5.41, 5.74) is 2.53. The molecule has 0 atom stereocenters. The van der Waals surface area contributed by atoms with Gasteiger partial charge in [0.1, 0.15) is 5.15 Å². The minimum absolute atomic E-state index is 0.614. The van der Waals surface area contributed by atoms with Gasteiger partial charge >= 0.3 is 0 Å². The van der Waals surface area contributed by atoms with Crippen LogP contribution in [0, 0.1) is 0 Å². The zero-order chi connectivity index (χ0) is 9.26. The maximum absolute atomic E-state index is 5.84. The Morgan fingerprint density at radius 2 is 2.08 bits per heavy atom. The normalized spacial score (nSPS) is 18.0. The molecule has 1 aliphatic rings. The molecule has 1 aliphatic heterocycles. The summed E-state index contributed by atoms with van der Waals surface area (Å²) in [6.45, 7) is 2.21. The van der Waals surface area contributed by atoms with Crippen molar-refractivity contribution >= 4 is 11.6 Å². The zero-order valence-electron chi connectivity index (χ0n) is 7.76. The Morgan fingerprint density at radius 3 is 2.92 bits per heavy atom. The van der Waals surface area contributed by atoms with Gasteiger partial charge in [-0.1, -0.05) is 17.7 Å². The topological polar surface area (TPSA) is 16.1 Å². The lowest BCUT2D eigenvalue weighted by atomic mass is 10.1. The van der Waals surface area contributed by atoms with Gasteiger partial charge in [0.25, 0.3) is 0 Å². The summed E-state index contributed by atoms with van der Waals surface area (Å²) in [6, 6.07) is 3.98. The molecule has 0 spiro atoms. The molecule has 2 rings (SSSR count). The van der Waals surface area contributed by atoms with Crippen LogP contribution >= 0.6 is 11.6 Å². The summed E-state index contributed by atoms with van der Waals surface area (Å²) in [5.74, 6) is 0. The second-order valence-electron chi connectivity index (χ2n) is 3.54. The van der Waals surface area contributed by atoms with Crippen LogP contribution in [0.15, 0.2) is 12.1 Å². The molecule has 0 aliphatic carbocycles. The second-order valence-corrected chi connectivity index (χ2v) is 3.93. The van der Waals surface area contributed by atoms with Crippen molar-refractivity contribution in [2.45, 2.75) is 12.8 Å². The van der Waals surface area contributed by atoms with E-state index in [1.54, 1.807) is 0 Å². The SMILES string of the molecule is CN1CCc2ccc(Cl)nc2CC1. The Morgan fingerprint density at radius 1 is 1.31 bits per heavy atom. The lowest BCUT2D eigenvalue weighted by Crippen LogP contribution is -2.20. The molecule has 0 radical (unpaired) electrons. The van der Waals surface area contributed by atoms with E-state index in [0.29, 0.717) is 5.15 Å². The van der Waals surface area contributed by atoms with E-state index in [1.807, 2.05) is 6.07 Å². The first-order valence-corrected chi connectivity index (χ1v) is 4.96. The van der Waals surface area contributed by atoms with Crippen LogP contribution in [0.2, 0.25) is 5.15 Å². The van der Waals surface area contributed by atoms with Gasteiger partial charge in [-0.3, -0.25) is 0 Å². The Labute approximate surface area is 83.5 Å². The van der Waals surface area contributed by atoms with E-state index < -0.39 is 0 Å². The van der Waals surface area contributed by atoms with Crippen molar-refractivity contribution in [1.29, 1.82) is 0 Å². The number of hydrogen-bond donors (Lipinski definition) is 0. The lowest BCUT2D eigenvalue weighted by Gasteiger charge is -2.10. The standard InChI is InChI=1S/C10H13ClN2/c1-13-6-4-8-2-3-10(11)12-9(8)5-7-13/h2-3H,4-7H2,1H3. The highest BCUT2D eigenvalue weighted by Crippen LogP contribution is 2.15. The van der Waals surface area contributed by atoms with E-state index in [2.05, 4.69) is 23.0 Å². The molecular weight excluding hydrogens is 184 g/mol. The van der Waals surface area contributed by atoms with E-state index in [9.17, 15) is 0 Å². The van der Waals surface area contributed by atoms with Gasteiger partial charge < -0.3 is 4.90 Å². The van der Waals surface area contributed by atoms with E-state index >= 15 is 0 Å². The maximum Gasteiger partial charge on any atom is 0.129 e. The third-order valence-electron chi connectivity index (χ3n) is 2.53. The number of likely N-dealkylation sites (N-methyl/N-ethyl adjacent to an activating group) is 1. The van der Waals surface area contributed by atoms with Crippen molar-refractivity contribution in [3.05, 3.63) is 28.5 Å². The summed E-state index contributed by atoms with van der Waals surface area (Å²) >= 11 is 5.84. The Hall–Kier alpha value is -0.600. The molecule has 3 heteroatoms. The third-order valence-corrected chi connectivity index (χ3v) is 2.74. The number of fused-ring (bicyclic) bond motifs is 1. The molecule has 0 saturated heterocycles. The number of nitrogens with zero attached hydrogens (tertiary/aromatic N) is 2. The highest BCUT2D eigenvalue weighted by Gasteiger charge is 2.11. The van der Waals surface area contributed by atoms with Gasteiger partial charge in [0.2, 0.25) is 0 Å². The first kappa shape index (κ1) is 8.97. The van der Waals surface area contributed by atoms with E-state index in [0.717, 1.165) is 25.9 Å². The van der Waals surface area contributed by atoms with E-state index in [-0.39, 0.29) is 0 Å². The zero-order valence-corrected chi connectivity index (χ0v) is 8.51. The fourth-order valence-electron chi connectivity index (χ4n) is 1.67. The molecule has 1 aromatic rings. The van der Waals surface area contributed by atoms with Crippen LogP contribution in [0.25, 0.3) is 0 Å². The molecule has 2 nitrogen and oxygen atoms in total. The van der Waals surface area contributed by atoms with Gasteiger partial charge in [-0.15, -0.1) is 0 Å². The first-order chi connectivity index (χ1) is 6.25. The van der Waals surface area contributed by atoms with Crippen molar-refractivity contribution in [3.63, 3.8) is 0 Å². The van der Waals surface area contributed by atoms with Crippen molar-refractivity contribution in [2.24, 2.45) is 0 Å². The number of aromatic nitrogens is 1. The Bertz CT molecular complexity index is 312. The average molecular weight is 197 g/mol. The van der Waals surface area contributed by atoms with Crippen LogP contribution in [0.4, 0.5) is 0 Å². The molecule has 0 aromatic carbocycles. The first-order valence-electron chi connectivity index (χ1n) is 4.58. The molecule has 0 saturated carbocycles. The molecule has 0 unspecified atom stereocenters. The third kappa shape index (κ3) is 2.01. The quantitative estimate of drug-likeness (QED) is 0.588. The van der Waals surface area contributed by atoms with E-state index in [4.69, 9.17) is 11.6 Å². The van der Waals surface area contributed by atoms with Crippen LogP contribution in [-0.2, 0) is 12.8 Å². The smallest absolute Gasteiger partial charge is 0.129 e. The average Bonchev–Trinajstić information content (AvgIpc) is 2.29. The van der Waals surface area contributed by atoms with Crippen LogP contribution in [-0.4, -0.2) is 30.0 Å². The predicted octanol–water partition coefficient (Wildman–Crippen LogP) is 1.77. The van der Waals surface area contributed by atoms with Gasteiger partial charge in [-0.25, -0.2) is 4.98 Å². The predicted molar refractivity (Wildman–Crippen MR) is 54.2 cm³/mol. The summed E-state index contributed by atoms with van der Waals surface area (Å²) < 4.78 is 0. The van der Waals surface area contributed by atoms with Crippen LogP contribution < -0.4 is 0 Å². The monoisotopic (exact) mass is 196 g/mol. The molecule has 1 aromatic heterocycles. The number of halogens is 1. The Balaban J connectivity index is 2.30. The van der Waals surface area contributed by atoms with Crippen LogP contribution in [0.5, 0.6) is 0 Å². The fraction of sp³-hybridized carbons (Fsp3) is 0.500. The highest BCUT2D eigenvalue weighted by atomic mass is 35.5. The van der Waals surface area contributed by atoms with Crippen LogP contribution in [0.3, 0.4) is 0 Å². The minimum atomic E-state index is 0.614. The summed E-state index contributed by atoms with van der Waals surface area (Å²) in [5, 5.41) is 0.614. The van der Waals surface area contributed by atoms with Crippen molar-refractivity contribution in [3.8, 4) is 0 Å². The summed E-state index contributed by atoms with van der Waals surface area (Å²) in [4.78, 5) is 6.68. The Kier molecular flexibility index (Phi) is 2.51.